The molecule has 0 aliphatic carbocycles. The summed E-state index contributed by atoms with van der Waals surface area (Å²) in [4.78, 5) is 4.52. The third-order valence-corrected chi connectivity index (χ3v) is 3.06. The van der Waals surface area contributed by atoms with Crippen LogP contribution in [0.15, 0.2) is 36.5 Å². The highest BCUT2D eigenvalue weighted by Crippen LogP contribution is 2.20. The van der Waals surface area contributed by atoms with Crippen molar-refractivity contribution in [2.75, 3.05) is 6.54 Å². The maximum atomic E-state index is 4.52. The van der Waals surface area contributed by atoms with Gasteiger partial charge in [0.2, 0.25) is 0 Å². The molecule has 0 spiro atoms. The van der Waals surface area contributed by atoms with Crippen molar-refractivity contribution in [3.63, 3.8) is 0 Å². The van der Waals surface area contributed by atoms with E-state index in [0.717, 1.165) is 24.9 Å². The Morgan fingerprint density at radius 3 is 2.82 bits per heavy atom. The van der Waals surface area contributed by atoms with Crippen molar-refractivity contribution in [1.82, 2.24) is 10.3 Å². The summed E-state index contributed by atoms with van der Waals surface area (Å²) in [6.07, 6.45) is 4.26. The van der Waals surface area contributed by atoms with Crippen LogP contribution >= 0.6 is 0 Å². The van der Waals surface area contributed by atoms with Crippen LogP contribution in [-0.2, 0) is 0 Å². The molecule has 0 aliphatic rings. The van der Waals surface area contributed by atoms with Gasteiger partial charge in [-0.3, -0.25) is 4.98 Å². The summed E-state index contributed by atoms with van der Waals surface area (Å²) in [5.74, 6) is 0. The Labute approximate surface area is 103 Å². The van der Waals surface area contributed by atoms with Crippen LogP contribution in [0.5, 0.6) is 0 Å². The molecule has 0 saturated heterocycles. The SMILES string of the molecule is CCCNC(CC)c1cnc2ccccc2c1. The van der Waals surface area contributed by atoms with E-state index in [-0.39, 0.29) is 0 Å². The number of fused-ring (bicyclic) bond motifs is 1. The van der Waals surface area contributed by atoms with Crippen molar-refractivity contribution >= 4 is 10.9 Å². The summed E-state index contributed by atoms with van der Waals surface area (Å²) in [6.45, 7) is 5.46. The van der Waals surface area contributed by atoms with Crippen molar-refractivity contribution in [3.8, 4) is 0 Å². The highest BCUT2D eigenvalue weighted by molar-refractivity contribution is 5.78. The second-order valence-electron chi connectivity index (χ2n) is 4.38. The molecular formula is C15H20N2. The first-order valence-electron chi connectivity index (χ1n) is 6.43. The summed E-state index contributed by atoms with van der Waals surface area (Å²) >= 11 is 0. The molecule has 1 aromatic carbocycles. The molecule has 90 valence electrons. The number of rotatable bonds is 5. The Morgan fingerprint density at radius 2 is 2.06 bits per heavy atom. The van der Waals surface area contributed by atoms with Crippen LogP contribution in [0.25, 0.3) is 10.9 Å². The number of hydrogen-bond donors (Lipinski definition) is 1. The monoisotopic (exact) mass is 228 g/mol. The van der Waals surface area contributed by atoms with E-state index in [4.69, 9.17) is 0 Å². The molecule has 2 rings (SSSR count). The van der Waals surface area contributed by atoms with Gasteiger partial charge in [-0.15, -0.1) is 0 Å². The molecule has 0 aliphatic heterocycles. The fraction of sp³-hybridized carbons (Fsp3) is 0.400. The molecule has 1 N–H and O–H groups in total. The molecule has 1 unspecified atom stereocenters. The van der Waals surface area contributed by atoms with Crippen LogP contribution in [0.1, 0.15) is 38.3 Å². The average molecular weight is 228 g/mol. The molecule has 0 amide bonds. The molecule has 0 saturated carbocycles. The molecular weight excluding hydrogens is 208 g/mol. The van der Waals surface area contributed by atoms with E-state index >= 15 is 0 Å². The second kappa shape index (κ2) is 5.78. The lowest BCUT2D eigenvalue weighted by Crippen LogP contribution is -2.21. The van der Waals surface area contributed by atoms with Gasteiger partial charge in [0.15, 0.2) is 0 Å². The lowest BCUT2D eigenvalue weighted by molar-refractivity contribution is 0.518. The number of para-hydroxylation sites is 1. The maximum absolute atomic E-state index is 4.52. The fourth-order valence-electron chi connectivity index (χ4n) is 2.10. The minimum atomic E-state index is 0.423. The zero-order valence-corrected chi connectivity index (χ0v) is 10.6. The topological polar surface area (TPSA) is 24.9 Å². The van der Waals surface area contributed by atoms with Gasteiger partial charge in [0.1, 0.15) is 0 Å². The summed E-state index contributed by atoms with van der Waals surface area (Å²) in [7, 11) is 0. The van der Waals surface area contributed by atoms with E-state index in [1.54, 1.807) is 0 Å². The summed E-state index contributed by atoms with van der Waals surface area (Å²) in [6, 6.07) is 10.9. The number of nitrogens with one attached hydrogen (secondary N) is 1. The van der Waals surface area contributed by atoms with Crippen molar-refractivity contribution < 1.29 is 0 Å². The summed E-state index contributed by atoms with van der Waals surface area (Å²) in [5.41, 5.74) is 2.36. The van der Waals surface area contributed by atoms with Gasteiger partial charge in [-0.05, 0) is 37.1 Å². The van der Waals surface area contributed by atoms with Crippen LogP contribution in [0.2, 0.25) is 0 Å². The van der Waals surface area contributed by atoms with E-state index in [1.807, 2.05) is 12.3 Å². The molecule has 2 heteroatoms. The smallest absolute Gasteiger partial charge is 0.0702 e. The first-order valence-corrected chi connectivity index (χ1v) is 6.43. The van der Waals surface area contributed by atoms with Crippen LogP contribution in [0.3, 0.4) is 0 Å². The molecule has 0 bridgehead atoms. The van der Waals surface area contributed by atoms with E-state index in [2.05, 4.69) is 48.4 Å². The lowest BCUT2D eigenvalue weighted by atomic mass is 10.0. The Hall–Kier alpha value is -1.41. The third-order valence-electron chi connectivity index (χ3n) is 3.06. The number of nitrogens with zero attached hydrogens (tertiary/aromatic N) is 1. The number of pyridine rings is 1. The van der Waals surface area contributed by atoms with Gasteiger partial charge in [-0.2, -0.15) is 0 Å². The van der Waals surface area contributed by atoms with E-state index in [1.165, 1.54) is 10.9 Å². The molecule has 1 heterocycles. The molecule has 2 aromatic rings. The Balaban J connectivity index is 2.27. The number of hydrogen-bond acceptors (Lipinski definition) is 2. The van der Waals surface area contributed by atoms with Crippen LogP contribution in [0, 0.1) is 0 Å². The predicted molar refractivity (Wildman–Crippen MR) is 73.1 cm³/mol. The van der Waals surface area contributed by atoms with Gasteiger partial charge in [-0.25, -0.2) is 0 Å². The third kappa shape index (κ3) is 2.83. The Morgan fingerprint density at radius 1 is 1.24 bits per heavy atom. The van der Waals surface area contributed by atoms with Gasteiger partial charge in [0, 0.05) is 17.6 Å². The normalized spacial score (nSPS) is 12.8. The molecule has 1 atom stereocenters. The minimum absolute atomic E-state index is 0.423. The van der Waals surface area contributed by atoms with Crippen LogP contribution < -0.4 is 5.32 Å². The van der Waals surface area contributed by atoms with Gasteiger partial charge in [0.05, 0.1) is 5.52 Å². The zero-order chi connectivity index (χ0) is 12.1. The standard InChI is InChI=1S/C15H20N2/c1-3-9-16-14(4-2)13-10-12-7-5-6-8-15(12)17-11-13/h5-8,10-11,14,16H,3-4,9H2,1-2H3. The van der Waals surface area contributed by atoms with Gasteiger partial charge < -0.3 is 5.32 Å². The lowest BCUT2D eigenvalue weighted by Gasteiger charge is -2.17. The summed E-state index contributed by atoms with van der Waals surface area (Å²) < 4.78 is 0. The van der Waals surface area contributed by atoms with Crippen molar-refractivity contribution in [3.05, 3.63) is 42.1 Å². The number of benzene rings is 1. The molecule has 0 fully saturated rings. The van der Waals surface area contributed by atoms with E-state index in [9.17, 15) is 0 Å². The van der Waals surface area contributed by atoms with Crippen LogP contribution in [-0.4, -0.2) is 11.5 Å². The fourth-order valence-corrected chi connectivity index (χ4v) is 2.10. The maximum Gasteiger partial charge on any atom is 0.0702 e. The largest absolute Gasteiger partial charge is 0.310 e. The number of aromatic nitrogens is 1. The minimum Gasteiger partial charge on any atom is -0.310 e. The average Bonchev–Trinajstić information content (AvgIpc) is 2.39. The first kappa shape index (κ1) is 12.1. The highest BCUT2D eigenvalue weighted by Gasteiger charge is 2.08. The first-order chi connectivity index (χ1) is 8.35. The summed E-state index contributed by atoms with van der Waals surface area (Å²) in [5, 5.41) is 4.78. The van der Waals surface area contributed by atoms with Gasteiger partial charge >= 0.3 is 0 Å². The van der Waals surface area contributed by atoms with Gasteiger partial charge in [0.25, 0.3) is 0 Å². The van der Waals surface area contributed by atoms with Crippen molar-refractivity contribution in [1.29, 1.82) is 0 Å². The highest BCUT2D eigenvalue weighted by atomic mass is 14.9. The van der Waals surface area contributed by atoms with Crippen LogP contribution in [0.4, 0.5) is 0 Å². The van der Waals surface area contributed by atoms with Crippen molar-refractivity contribution in [2.45, 2.75) is 32.7 Å². The predicted octanol–water partition coefficient (Wildman–Crippen LogP) is 3.69. The van der Waals surface area contributed by atoms with E-state index < -0.39 is 0 Å². The molecule has 1 aromatic heterocycles. The van der Waals surface area contributed by atoms with E-state index in [0.29, 0.717) is 6.04 Å². The molecule has 17 heavy (non-hydrogen) atoms. The Bertz CT molecular complexity index is 479. The second-order valence-corrected chi connectivity index (χ2v) is 4.38. The Kier molecular flexibility index (Phi) is 4.10. The molecule has 2 nitrogen and oxygen atoms in total. The molecule has 0 radical (unpaired) electrons. The van der Waals surface area contributed by atoms with Gasteiger partial charge in [-0.1, -0.05) is 32.0 Å². The zero-order valence-electron chi connectivity index (χ0n) is 10.6. The quantitative estimate of drug-likeness (QED) is 0.844. The van der Waals surface area contributed by atoms with Crippen molar-refractivity contribution in [2.24, 2.45) is 0 Å².